The molecule has 1 atom stereocenters. The molecular weight excluding hydrogens is 224 g/mol. The average molecular weight is 241 g/mol. The van der Waals surface area contributed by atoms with Crippen LogP contribution in [0.15, 0.2) is 30.1 Å². The Morgan fingerprint density at radius 3 is 3.00 bits per heavy atom. The molecule has 1 rings (SSSR count). The van der Waals surface area contributed by atoms with Crippen molar-refractivity contribution in [3.63, 3.8) is 0 Å². The summed E-state index contributed by atoms with van der Waals surface area (Å²) >= 11 is 5.98. The van der Waals surface area contributed by atoms with E-state index in [0.717, 1.165) is 5.70 Å². The minimum atomic E-state index is 0.148. The van der Waals surface area contributed by atoms with Gasteiger partial charge in [-0.2, -0.15) is 0 Å². The number of hydrogen-bond donors (Lipinski definition) is 3. The molecule has 0 amide bonds. The van der Waals surface area contributed by atoms with Gasteiger partial charge in [0.15, 0.2) is 0 Å². The van der Waals surface area contributed by atoms with Crippen LogP contribution in [0, 0.1) is 0 Å². The van der Waals surface area contributed by atoms with Gasteiger partial charge >= 0.3 is 0 Å². The molecule has 5 heteroatoms. The van der Waals surface area contributed by atoms with Crippen molar-refractivity contribution in [1.29, 1.82) is 0 Å². The lowest BCUT2D eigenvalue weighted by Crippen LogP contribution is -2.31. The Morgan fingerprint density at radius 1 is 1.69 bits per heavy atom. The summed E-state index contributed by atoms with van der Waals surface area (Å²) in [6, 6.07) is 3.74. The van der Waals surface area contributed by atoms with E-state index in [2.05, 4.69) is 15.6 Å². The molecule has 0 aliphatic heterocycles. The Labute approximate surface area is 101 Å². The number of rotatable bonds is 5. The largest absolute Gasteiger partial charge is 0.343 e. The van der Waals surface area contributed by atoms with E-state index in [9.17, 15) is 0 Å². The smallest absolute Gasteiger partial charge is 0.148 e. The predicted octanol–water partition coefficient (Wildman–Crippen LogP) is 1.60. The summed E-state index contributed by atoms with van der Waals surface area (Å²) in [6.07, 6.45) is 3.70. The molecule has 0 spiro atoms. The molecule has 0 aliphatic rings. The molecule has 0 saturated carbocycles. The minimum Gasteiger partial charge on any atom is -0.343 e. The molecule has 88 valence electrons. The van der Waals surface area contributed by atoms with Gasteiger partial charge in [0.1, 0.15) is 5.82 Å². The minimum absolute atomic E-state index is 0.148. The highest BCUT2D eigenvalue weighted by Gasteiger charge is 2.02. The van der Waals surface area contributed by atoms with Crippen molar-refractivity contribution in [2.24, 2.45) is 5.73 Å². The zero-order valence-corrected chi connectivity index (χ0v) is 10.3. The summed E-state index contributed by atoms with van der Waals surface area (Å²) in [5.41, 5.74) is 6.54. The van der Waals surface area contributed by atoms with Crippen LogP contribution >= 0.6 is 11.6 Å². The number of nitrogens with two attached hydrogens (primary N) is 1. The highest BCUT2D eigenvalue weighted by Crippen LogP contribution is 2.18. The van der Waals surface area contributed by atoms with Crippen LogP contribution in [0.3, 0.4) is 0 Å². The number of pyridine rings is 1. The van der Waals surface area contributed by atoms with Gasteiger partial charge in [-0.05, 0) is 32.2 Å². The molecule has 1 aromatic rings. The Kier molecular flexibility index (Phi) is 5.25. The van der Waals surface area contributed by atoms with Crippen LogP contribution in [0.4, 0.5) is 5.82 Å². The normalized spacial score (nSPS) is 13.6. The van der Waals surface area contributed by atoms with Gasteiger partial charge in [-0.1, -0.05) is 11.6 Å². The van der Waals surface area contributed by atoms with E-state index in [4.69, 9.17) is 17.3 Å². The Hall–Kier alpha value is -1.10. The van der Waals surface area contributed by atoms with Crippen LogP contribution in [-0.4, -0.2) is 24.6 Å². The molecule has 0 bridgehead atoms. The first-order valence-corrected chi connectivity index (χ1v) is 5.48. The number of anilines is 1. The predicted molar refractivity (Wildman–Crippen MR) is 68.5 cm³/mol. The monoisotopic (exact) mass is 240 g/mol. The first kappa shape index (κ1) is 13.0. The number of likely N-dealkylation sites (N-methyl/N-ethyl adjacent to an activating group) is 1. The van der Waals surface area contributed by atoms with Gasteiger partial charge < -0.3 is 16.4 Å². The first-order valence-electron chi connectivity index (χ1n) is 5.10. The molecule has 0 radical (unpaired) electrons. The lowest BCUT2D eigenvalue weighted by molar-refractivity contribution is 0.673. The molecule has 16 heavy (non-hydrogen) atoms. The second-order valence-electron chi connectivity index (χ2n) is 3.44. The lowest BCUT2D eigenvalue weighted by atomic mass is 10.2. The number of halogens is 1. The van der Waals surface area contributed by atoms with Crippen LogP contribution in [0.2, 0.25) is 5.02 Å². The van der Waals surface area contributed by atoms with Crippen LogP contribution in [0.5, 0.6) is 0 Å². The summed E-state index contributed by atoms with van der Waals surface area (Å²) < 4.78 is 0. The maximum Gasteiger partial charge on any atom is 0.148 e. The standard InChI is InChI=1S/C11H17ClN4/c1-8(6-9(7-13)14-2)16-11-10(12)4-3-5-15-11/h3-6,9,14H,7,13H2,1-2H3,(H,15,16)/b8-6-. The van der Waals surface area contributed by atoms with Crippen molar-refractivity contribution in [2.45, 2.75) is 13.0 Å². The lowest BCUT2D eigenvalue weighted by Gasteiger charge is -2.12. The third-order valence-electron chi connectivity index (χ3n) is 2.15. The quantitative estimate of drug-likeness (QED) is 0.732. The summed E-state index contributed by atoms with van der Waals surface area (Å²) in [6.45, 7) is 2.50. The first-order chi connectivity index (χ1) is 7.67. The molecule has 0 saturated heterocycles. The fraction of sp³-hybridized carbons (Fsp3) is 0.364. The fourth-order valence-corrected chi connectivity index (χ4v) is 1.45. The summed E-state index contributed by atoms with van der Waals surface area (Å²) in [5, 5.41) is 6.82. The maximum absolute atomic E-state index is 5.98. The van der Waals surface area contributed by atoms with Crippen molar-refractivity contribution in [3.8, 4) is 0 Å². The van der Waals surface area contributed by atoms with E-state index in [1.165, 1.54) is 0 Å². The topological polar surface area (TPSA) is 63.0 Å². The number of allylic oxidation sites excluding steroid dienone is 1. The molecule has 0 aromatic carbocycles. The molecule has 4 nitrogen and oxygen atoms in total. The highest BCUT2D eigenvalue weighted by molar-refractivity contribution is 6.32. The van der Waals surface area contributed by atoms with Crippen LogP contribution in [0.1, 0.15) is 6.92 Å². The maximum atomic E-state index is 5.98. The number of nitrogens with one attached hydrogen (secondary N) is 2. The molecular formula is C11H17ClN4. The third kappa shape index (κ3) is 3.81. The number of hydrogen-bond acceptors (Lipinski definition) is 4. The zero-order chi connectivity index (χ0) is 12.0. The third-order valence-corrected chi connectivity index (χ3v) is 2.45. The van der Waals surface area contributed by atoms with Crippen molar-refractivity contribution < 1.29 is 0 Å². The van der Waals surface area contributed by atoms with Gasteiger partial charge in [0, 0.05) is 24.5 Å². The van der Waals surface area contributed by atoms with Gasteiger partial charge in [-0.25, -0.2) is 4.98 Å². The second-order valence-corrected chi connectivity index (χ2v) is 3.85. The van der Waals surface area contributed by atoms with E-state index in [1.807, 2.05) is 20.0 Å². The summed E-state index contributed by atoms with van der Waals surface area (Å²) in [4.78, 5) is 4.14. The van der Waals surface area contributed by atoms with Crippen molar-refractivity contribution in [1.82, 2.24) is 10.3 Å². The van der Waals surface area contributed by atoms with Gasteiger partial charge in [-0.3, -0.25) is 0 Å². The Balaban J connectivity index is 2.70. The van der Waals surface area contributed by atoms with Crippen molar-refractivity contribution >= 4 is 17.4 Å². The van der Waals surface area contributed by atoms with Crippen LogP contribution < -0.4 is 16.4 Å². The molecule has 1 unspecified atom stereocenters. The van der Waals surface area contributed by atoms with Gasteiger partial charge in [0.2, 0.25) is 0 Å². The van der Waals surface area contributed by atoms with E-state index in [-0.39, 0.29) is 6.04 Å². The number of aromatic nitrogens is 1. The van der Waals surface area contributed by atoms with Gasteiger partial charge in [0.05, 0.1) is 5.02 Å². The highest BCUT2D eigenvalue weighted by atomic mass is 35.5. The molecule has 0 fully saturated rings. The van der Waals surface area contributed by atoms with E-state index in [1.54, 1.807) is 18.3 Å². The van der Waals surface area contributed by atoms with E-state index in [0.29, 0.717) is 17.4 Å². The summed E-state index contributed by atoms with van der Waals surface area (Å²) in [7, 11) is 1.87. The SMILES string of the molecule is CNC(/C=C(/C)Nc1ncccc1Cl)CN. The van der Waals surface area contributed by atoms with Gasteiger partial charge in [-0.15, -0.1) is 0 Å². The summed E-state index contributed by atoms with van der Waals surface area (Å²) in [5.74, 6) is 0.657. The zero-order valence-electron chi connectivity index (χ0n) is 9.50. The molecule has 1 heterocycles. The molecule has 4 N–H and O–H groups in total. The Bertz CT molecular complexity index is 361. The second kappa shape index (κ2) is 6.48. The van der Waals surface area contributed by atoms with Crippen LogP contribution in [0.25, 0.3) is 0 Å². The molecule has 1 aromatic heterocycles. The number of nitrogens with zero attached hydrogens (tertiary/aromatic N) is 1. The van der Waals surface area contributed by atoms with Gasteiger partial charge in [0.25, 0.3) is 0 Å². The van der Waals surface area contributed by atoms with E-state index >= 15 is 0 Å². The van der Waals surface area contributed by atoms with Crippen molar-refractivity contribution in [2.75, 3.05) is 18.9 Å². The van der Waals surface area contributed by atoms with E-state index < -0.39 is 0 Å². The fourth-order valence-electron chi connectivity index (χ4n) is 1.28. The molecule has 0 aliphatic carbocycles. The average Bonchev–Trinajstić information content (AvgIpc) is 2.29. The van der Waals surface area contributed by atoms with Crippen molar-refractivity contribution in [3.05, 3.63) is 35.1 Å². The van der Waals surface area contributed by atoms with Crippen LogP contribution in [-0.2, 0) is 0 Å². The Morgan fingerprint density at radius 2 is 2.44 bits per heavy atom.